The van der Waals surface area contributed by atoms with Gasteiger partial charge in [-0.05, 0) is 73.6 Å². The van der Waals surface area contributed by atoms with Crippen LogP contribution in [0.3, 0.4) is 0 Å². The van der Waals surface area contributed by atoms with E-state index in [0.717, 1.165) is 62.8 Å². The summed E-state index contributed by atoms with van der Waals surface area (Å²) in [5.41, 5.74) is 2.10. The normalized spacial score (nSPS) is 18.8. The van der Waals surface area contributed by atoms with Crippen LogP contribution in [0, 0.1) is 23.4 Å². The molecule has 2 heterocycles. The maximum absolute atomic E-state index is 14.8. The molecule has 11 heteroatoms. The smallest absolute Gasteiger partial charge is 0.254 e. The topological polar surface area (TPSA) is 80.7 Å². The molecule has 0 bridgehead atoms. The minimum Gasteiger partial charge on any atom is -0.497 e. The van der Waals surface area contributed by atoms with Crippen LogP contribution >= 0.6 is 0 Å². The number of nitrogens with zero attached hydrogens (tertiary/aromatic N) is 3. The lowest BCUT2D eigenvalue weighted by Gasteiger charge is -2.29. The van der Waals surface area contributed by atoms with Gasteiger partial charge >= 0.3 is 0 Å². The van der Waals surface area contributed by atoms with Crippen molar-refractivity contribution in [3.63, 3.8) is 0 Å². The molecule has 2 aliphatic rings. The summed E-state index contributed by atoms with van der Waals surface area (Å²) < 4.78 is 56.6. The van der Waals surface area contributed by atoms with Crippen LogP contribution < -0.4 is 25.0 Å². The van der Waals surface area contributed by atoms with E-state index in [2.05, 4.69) is 44.6 Å². The van der Waals surface area contributed by atoms with Crippen molar-refractivity contribution in [2.24, 2.45) is 5.92 Å². The Kier molecular flexibility index (Phi) is 8.92. The molecule has 0 unspecified atom stereocenters. The molecule has 3 aromatic carbocycles. The van der Waals surface area contributed by atoms with Gasteiger partial charge in [-0.3, -0.25) is 9.48 Å². The molecule has 0 spiro atoms. The Morgan fingerprint density at radius 1 is 1.00 bits per heavy atom. The second-order valence-corrected chi connectivity index (χ2v) is 11.5. The molecule has 1 saturated heterocycles. The highest BCUT2D eigenvalue weighted by molar-refractivity contribution is 5.94. The molecule has 2 fully saturated rings. The van der Waals surface area contributed by atoms with Crippen molar-refractivity contribution in [2.45, 2.75) is 38.3 Å². The molecule has 232 valence electrons. The van der Waals surface area contributed by atoms with Gasteiger partial charge in [0.1, 0.15) is 12.4 Å². The summed E-state index contributed by atoms with van der Waals surface area (Å²) >= 11 is 0. The summed E-state index contributed by atoms with van der Waals surface area (Å²) in [6.45, 7) is 4.03. The maximum Gasteiger partial charge on any atom is 0.254 e. The highest BCUT2D eigenvalue weighted by Gasteiger charge is 2.27. The Bertz CT molecular complexity index is 1610. The number of benzene rings is 3. The maximum atomic E-state index is 14.8. The minimum atomic E-state index is -1.53. The van der Waals surface area contributed by atoms with Crippen LogP contribution in [0.15, 0.2) is 54.7 Å². The second kappa shape index (κ2) is 13.2. The second-order valence-electron chi connectivity index (χ2n) is 11.5. The number of nitrogens with one attached hydrogen (secondary N) is 2. The van der Waals surface area contributed by atoms with Crippen LogP contribution in [0.5, 0.6) is 11.5 Å². The van der Waals surface area contributed by atoms with E-state index in [1.165, 1.54) is 12.8 Å². The van der Waals surface area contributed by atoms with E-state index >= 15 is 0 Å². The number of fused-ring (bicyclic) bond motifs is 1. The molecule has 1 amide bonds. The zero-order valence-corrected chi connectivity index (χ0v) is 24.6. The van der Waals surface area contributed by atoms with Crippen molar-refractivity contribution in [3.05, 3.63) is 83.3 Å². The fraction of sp³-hybridized carbons (Fsp3) is 0.394. The van der Waals surface area contributed by atoms with E-state index in [9.17, 15) is 18.0 Å². The molecule has 0 atom stereocenters. The van der Waals surface area contributed by atoms with Gasteiger partial charge in [0.25, 0.3) is 5.91 Å². The number of methoxy groups -OCH3 is 1. The van der Waals surface area contributed by atoms with Gasteiger partial charge in [0, 0.05) is 50.0 Å². The number of carbonyl (C=O) groups excluding carboxylic acids is 1. The number of ether oxygens (including phenoxy) is 2. The summed E-state index contributed by atoms with van der Waals surface area (Å²) in [5.74, 6) is -5.05. The molecule has 4 aromatic rings. The lowest BCUT2D eigenvalue weighted by molar-refractivity contribution is 0.0935. The van der Waals surface area contributed by atoms with E-state index in [4.69, 9.17) is 14.6 Å². The van der Waals surface area contributed by atoms with Crippen LogP contribution in [0.25, 0.3) is 10.9 Å². The Labute approximate surface area is 254 Å². The van der Waals surface area contributed by atoms with E-state index < -0.39 is 34.7 Å². The fourth-order valence-electron chi connectivity index (χ4n) is 6.03. The Morgan fingerprint density at radius 2 is 1.75 bits per heavy atom. The summed E-state index contributed by atoms with van der Waals surface area (Å²) in [6.07, 6.45) is 5.56. The summed E-state index contributed by atoms with van der Waals surface area (Å²) in [5, 5.41) is 12.0. The summed E-state index contributed by atoms with van der Waals surface area (Å²) in [4.78, 5) is 15.1. The molecule has 0 radical (unpaired) electrons. The molecule has 1 aliphatic carbocycles. The molecular formula is C33H36F3N5O3. The van der Waals surface area contributed by atoms with Crippen molar-refractivity contribution < 1.29 is 27.4 Å². The van der Waals surface area contributed by atoms with Crippen LogP contribution in [0.1, 0.15) is 47.6 Å². The van der Waals surface area contributed by atoms with Gasteiger partial charge in [0.15, 0.2) is 17.4 Å². The van der Waals surface area contributed by atoms with E-state index in [-0.39, 0.29) is 18.6 Å². The number of hydrogen-bond acceptors (Lipinski definition) is 6. The van der Waals surface area contributed by atoms with E-state index in [1.807, 2.05) is 0 Å². The van der Waals surface area contributed by atoms with Crippen molar-refractivity contribution in [2.75, 3.05) is 44.7 Å². The van der Waals surface area contributed by atoms with Gasteiger partial charge < -0.3 is 25.0 Å². The third kappa shape index (κ3) is 6.47. The molecule has 1 aromatic heterocycles. The predicted octanol–water partition coefficient (Wildman–Crippen LogP) is 5.61. The van der Waals surface area contributed by atoms with Crippen molar-refractivity contribution in [3.8, 4) is 11.5 Å². The van der Waals surface area contributed by atoms with Gasteiger partial charge in [0.2, 0.25) is 5.82 Å². The molecule has 2 N–H and O–H groups in total. The third-order valence-corrected chi connectivity index (χ3v) is 8.64. The first-order chi connectivity index (χ1) is 21.4. The van der Waals surface area contributed by atoms with Crippen LogP contribution in [0.2, 0.25) is 0 Å². The first-order valence-electron chi connectivity index (χ1n) is 15.1. The predicted molar refractivity (Wildman–Crippen MR) is 162 cm³/mol. The third-order valence-electron chi connectivity index (χ3n) is 8.64. The molecule has 1 saturated carbocycles. The monoisotopic (exact) mass is 607 g/mol. The number of rotatable bonds is 9. The van der Waals surface area contributed by atoms with Crippen molar-refractivity contribution >= 4 is 22.5 Å². The first-order valence-corrected chi connectivity index (χ1v) is 15.1. The number of amides is 1. The molecule has 6 rings (SSSR count). The lowest BCUT2D eigenvalue weighted by atomic mass is 9.86. The van der Waals surface area contributed by atoms with Crippen LogP contribution in [0.4, 0.5) is 18.9 Å². The van der Waals surface area contributed by atoms with Crippen LogP contribution in [-0.4, -0.2) is 55.5 Å². The van der Waals surface area contributed by atoms with Gasteiger partial charge in [0.05, 0.1) is 24.2 Å². The highest BCUT2D eigenvalue weighted by Crippen LogP contribution is 2.33. The van der Waals surface area contributed by atoms with Gasteiger partial charge in [-0.2, -0.15) is 9.49 Å². The van der Waals surface area contributed by atoms with Gasteiger partial charge in [-0.15, -0.1) is 0 Å². The Morgan fingerprint density at radius 3 is 2.48 bits per heavy atom. The number of anilines is 1. The number of carbonyl (C=O) groups is 1. The zero-order valence-electron chi connectivity index (χ0n) is 24.6. The van der Waals surface area contributed by atoms with E-state index in [1.54, 1.807) is 24.3 Å². The van der Waals surface area contributed by atoms with Crippen molar-refractivity contribution in [1.82, 2.24) is 20.4 Å². The van der Waals surface area contributed by atoms with Gasteiger partial charge in [-0.25, -0.2) is 8.78 Å². The molecule has 44 heavy (non-hydrogen) atoms. The van der Waals surface area contributed by atoms with Crippen molar-refractivity contribution in [1.29, 1.82) is 0 Å². The fourth-order valence-corrected chi connectivity index (χ4v) is 6.03. The van der Waals surface area contributed by atoms with Crippen LogP contribution in [-0.2, 0) is 6.61 Å². The average molecular weight is 608 g/mol. The standard InChI is InChI=1S/C33H36F3N5O3/c1-43-26-10-4-22(5-11-26)20-44-32-28(34)17-27(30(35)31(32)36)33(42)38-18-21-2-7-24(8-3-21)41-19-23-6-9-25(16-29(23)39-41)40-14-12-37-13-15-40/h4-6,9-11,16-17,19,21,24,37H,2-3,7-8,12-15,18,20H2,1H3,(H,38,42)/t21-,24-. The Hall–Kier alpha value is -4.25. The Balaban J connectivity index is 1.02. The number of halogens is 3. The lowest BCUT2D eigenvalue weighted by Crippen LogP contribution is -2.43. The average Bonchev–Trinajstić information content (AvgIpc) is 3.50. The number of piperazine rings is 1. The molecule has 1 aliphatic heterocycles. The minimum absolute atomic E-state index is 0.171. The molecule has 8 nitrogen and oxygen atoms in total. The van der Waals surface area contributed by atoms with Gasteiger partial charge in [-0.1, -0.05) is 12.1 Å². The largest absolute Gasteiger partial charge is 0.497 e. The van der Waals surface area contributed by atoms with E-state index in [0.29, 0.717) is 23.9 Å². The SMILES string of the molecule is COc1ccc(COc2c(F)cc(C(=O)NC[C@H]3CC[C@H](n4cc5ccc(N6CCNCC6)cc5n4)CC3)c(F)c2F)cc1. The highest BCUT2D eigenvalue weighted by atomic mass is 19.2. The number of hydrogen-bond donors (Lipinski definition) is 2. The molecular weight excluding hydrogens is 571 g/mol. The number of aromatic nitrogens is 2. The zero-order chi connectivity index (χ0) is 30.6. The summed E-state index contributed by atoms with van der Waals surface area (Å²) in [7, 11) is 1.52. The summed E-state index contributed by atoms with van der Waals surface area (Å²) in [6, 6.07) is 14.1. The first kappa shape index (κ1) is 29.8. The quantitative estimate of drug-likeness (QED) is 0.241.